The van der Waals surface area contributed by atoms with Gasteiger partial charge in [0, 0.05) is 42.8 Å². The van der Waals surface area contributed by atoms with Crippen LogP contribution in [0.5, 0.6) is 0 Å². The number of amides is 3. The molecule has 2 saturated heterocycles. The Kier molecular flexibility index (Phi) is 8.13. The van der Waals surface area contributed by atoms with Gasteiger partial charge in [0.05, 0.1) is 18.4 Å². The number of aromatic amines is 1. The second-order valence-electron chi connectivity index (χ2n) is 11.1. The molecule has 42 heavy (non-hydrogen) atoms. The Labute approximate surface area is 241 Å². The van der Waals surface area contributed by atoms with Crippen molar-refractivity contribution in [2.75, 3.05) is 64.9 Å². The summed E-state index contributed by atoms with van der Waals surface area (Å²) in [6.45, 7) is -1.01. The zero-order valence-electron chi connectivity index (χ0n) is 23.6. The Morgan fingerprint density at radius 1 is 1.05 bits per heavy atom. The number of nitrogens with one attached hydrogen (secondary N) is 1. The van der Waals surface area contributed by atoms with Gasteiger partial charge in [0.15, 0.2) is 0 Å². The van der Waals surface area contributed by atoms with Crippen molar-refractivity contribution in [1.82, 2.24) is 29.8 Å². The van der Waals surface area contributed by atoms with Crippen LogP contribution >= 0.6 is 0 Å². The van der Waals surface area contributed by atoms with Gasteiger partial charge in [-0.05, 0) is 57.3 Å². The molecule has 0 unspecified atom stereocenters. The van der Waals surface area contributed by atoms with Gasteiger partial charge in [-0.2, -0.15) is 18.3 Å². The number of benzene rings is 2. The monoisotopic (exact) mass is 585 g/mol. The molecule has 1 N–H and O–H groups in total. The highest BCUT2D eigenvalue weighted by molar-refractivity contribution is 5.99. The van der Waals surface area contributed by atoms with Crippen LogP contribution in [0.2, 0.25) is 0 Å². The number of anilines is 1. The van der Waals surface area contributed by atoms with Gasteiger partial charge in [-0.15, -0.1) is 0 Å². The molecule has 10 nitrogen and oxygen atoms in total. The summed E-state index contributed by atoms with van der Waals surface area (Å²) in [6, 6.07) is 14.6. The van der Waals surface area contributed by atoms with Crippen molar-refractivity contribution in [3.8, 4) is 0 Å². The van der Waals surface area contributed by atoms with Crippen molar-refractivity contribution in [1.29, 1.82) is 0 Å². The third-order valence-electron chi connectivity index (χ3n) is 8.01. The first kappa shape index (κ1) is 29.4. The molecule has 3 heterocycles. The summed E-state index contributed by atoms with van der Waals surface area (Å²) in [4.78, 5) is 48.0. The van der Waals surface area contributed by atoms with E-state index in [1.807, 2.05) is 35.2 Å². The lowest BCUT2D eigenvalue weighted by Gasteiger charge is -2.43. The predicted molar refractivity (Wildman–Crippen MR) is 151 cm³/mol. The molecule has 5 rings (SSSR count). The van der Waals surface area contributed by atoms with E-state index in [1.165, 1.54) is 4.90 Å². The maximum Gasteiger partial charge on any atom is 0.406 e. The highest BCUT2D eigenvalue weighted by Crippen LogP contribution is 2.40. The minimum atomic E-state index is -4.56. The molecule has 1 aromatic heterocycles. The summed E-state index contributed by atoms with van der Waals surface area (Å²) in [5.41, 5.74) is 1.09. The lowest BCUT2D eigenvalue weighted by atomic mass is 9.85. The summed E-state index contributed by atoms with van der Waals surface area (Å²) in [5, 5.41) is 7.68. The number of para-hydroxylation sites is 1. The standard InChI is InChI=1S/C29H34F3N7O3/c1-35(2)14-15-37(19-29(30,31)32)25(40)18-38-20-39(23-6-4-3-5-7-23)28(27(38)42)10-12-36(13-11-28)26(41)21-8-9-24-22(16-21)17-33-34-24/h3-9,16-17H,10-15,18-20H2,1-2H3,(H,33,34). The van der Waals surface area contributed by atoms with Crippen molar-refractivity contribution >= 4 is 34.3 Å². The van der Waals surface area contributed by atoms with Gasteiger partial charge >= 0.3 is 6.18 Å². The van der Waals surface area contributed by atoms with Crippen LogP contribution in [-0.2, 0) is 9.59 Å². The number of hydrogen-bond donors (Lipinski definition) is 1. The Bertz CT molecular complexity index is 1440. The normalized spacial score (nSPS) is 17.1. The quantitative estimate of drug-likeness (QED) is 0.437. The summed E-state index contributed by atoms with van der Waals surface area (Å²) < 4.78 is 39.9. The molecule has 3 amide bonds. The minimum Gasteiger partial charge on any atom is -0.339 e. The number of piperidine rings is 1. The number of H-pyrrole nitrogens is 1. The van der Waals surface area contributed by atoms with Crippen molar-refractivity contribution in [2.45, 2.75) is 24.6 Å². The van der Waals surface area contributed by atoms with Gasteiger partial charge in [-0.3, -0.25) is 19.5 Å². The first-order valence-corrected chi connectivity index (χ1v) is 13.8. The molecule has 0 atom stereocenters. The van der Waals surface area contributed by atoms with Gasteiger partial charge < -0.3 is 24.5 Å². The minimum absolute atomic E-state index is 0.0627. The Hall–Kier alpha value is -4.13. The van der Waals surface area contributed by atoms with E-state index in [2.05, 4.69) is 10.2 Å². The Morgan fingerprint density at radius 3 is 2.43 bits per heavy atom. The van der Waals surface area contributed by atoms with E-state index in [0.717, 1.165) is 21.5 Å². The van der Waals surface area contributed by atoms with Gasteiger partial charge in [-0.1, -0.05) is 18.2 Å². The SMILES string of the molecule is CN(C)CCN(CC(F)(F)F)C(=O)CN1CN(c2ccccc2)C2(CCN(C(=O)c3ccc4[nH]ncc4c3)CC2)C1=O. The number of rotatable bonds is 8. The average Bonchev–Trinajstić information content (AvgIpc) is 3.53. The van der Waals surface area contributed by atoms with Crippen molar-refractivity contribution in [3.63, 3.8) is 0 Å². The molecule has 0 bridgehead atoms. The zero-order valence-corrected chi connectivity index (χ0v) is 23.6. The second kappa shape index (κ2) is 11.6. The van der Waals surface area contributed by atoms with Gasteiger partial charge in [0.2, 0.25) is 5.91 Å². The largest absolute Gasteiger partial charge is 0.406 e. The number of aromatic nitrogens is 2. The summed E-state index contributed by atoms with van der Waals surface area (Å²) in [7, 11) is 3.43. The number of hydrogen-bond acceptors (Lipinski definition) is 6. The molecule has 0 aliphatic carbocycles. The van der Waals surface area contributed by atoms with Crippen LogP contribution in [0.3, 0.4) is 0 Å². The van der Waals surface area contributed by atoms with Crippen LogP contribution in [0.1, 0.15) is 23.2 Å². The molecular weight excluding hydrogens is 551 g/mol. The number of likely N-dealkylation sites (N-methyl/N-ethyl adjacent to an activating group) is 1. The highest BCUT2D eigenvalue weighted by atomic mass is 19.4. The average molecular weight is 586 g/mol. The van der Waals surface area contributed by atoms with E-state index in [1.54, 1.807) is 48.3 Å². The van der Waals surface area contributed by atoms with E-state index < -0.39 is 30.7 Å². The van der Waals surface area contributed by atoms with E-state index in [0.29, 0.717) is 31.5 Å². The fourth-order valence-corrected chi connectivity index (χ4v) is 5.75. The van der Waals surface area contributed by atoms with Crippen molar-refractivity contribution < 1.29 is 27.6 Å². The lowest BCUT2D eigenvalue weighted by molar-refractivity contribution is -0.162. The topological polar surface area (TPSA) is 96.1 Å². The fraction of sp³-hybridized carbons (Fsp3) is 0.448. The number of halogens is 3. The number of alkyl halides is 3. The maximum absolute atomic E-state index is 14.0. The smallest absolute Gasteiger partial charge is 0.339 e. The molecule has 2 fully saturated rings. The Morgan fingerprint density at radius 2 is 1.76 bits per heavy atom. The van der Waals surface area contributed by atoms with Crippen LogP contribution < -0.4 is 4.90 Å². The summed E-state index contributed by atoms with van der Waals surface area (Å²) in [5.74, 6) is -1.22. The zero-order chi connectivity index (χ0) is 30.1. The summed E-state index contributed by atoms with van der Waals surface area (Å²) in [6.07, 6.45) is -2.27. The lowest BCUT2D eigenvalue weighted by Crippen LogP contribution is -2.57. The summed E-state index contributed by atoms with van der Waals surface area (Å²) >= 11 is 0. The highest BCUT2D eigenvalue weighted by Gasteiger charge is 2.54. The van der Waals surface area contributed by atoms with Crippen molar-refractivity contribution in [2.24, 2.45) is 0 Å². The molecule has 2 aliphatic heterocycles. The molecule has 2 aromatic carbocycles. The Balaban J connectivity index is 1.34. The number of carbonyl (C=O) groups is 3. The molecule has 0 radical (unpaired) electrons. The van der Waals surface area contributed by atoms with Crippen LogP contribution in [-0.4, -0.2) is 119 Å². The molecule has 3 aromatic rings. The van der Waals surface area contributed by atoms with Gasteiger partial charge in [0.1, 0.15) is 18.6 Å². The third kappa shape index (κ3) is 6.06. The predicted octanol–water partition coefficient (Wildman–Crippen LogP) is 2.80. The number of nitrogens with zero attached hydrogens (tertiary/aromatic N) is 6. The molecular formula is C29H34F3N7O3. The molecule has 2 aliphatic rings. The molecule has 13 heteroatoms. The van der Waals surface area contributed by atoms with Crippen molar-refractivity contribution in [3.05, 3.63) is 60.3 Å². The third-order valence-corrected chi connectivity index (χ3v) is 8.01. The van der Waals surface area contributed by atoms with E-state index in [9.17, 15) is 27.6 Å². The van der Waals surface area contributed by atoms with Crippen LogP contribution in [0.15, 0.2) is 54.7 Å². The van der Waals surface area contributed by atoms with E-state index in [4.69, 9.17) is 0 Å². The first-order chi connectivity index (χ1) is 20.0. The van der Waals surface area contributed by atoms with E-state index in [-0.39, 0.29) is 31.6 Å². The van der Waals surface area contributed by atoms with Crippen LogP contribution in [0, 0.1) is 0 Å². The number of carbonyl (C=O) groups excluding carboxylic acids is 3. The number of fused-ring (bicyclic) bond motifs is 1. The maximum atomic E-state index is 14.0. The van der Waals surface area contributed by atoms with Crippen LogP contribution in [0.25, 0.3) is 10.9 Å². The molecule has 0 saturated carbocycles. The van der Waals surface area contributed by atoms with Gasteiger partial charge in [-0.25, -0.2) is 0 Å². The first-order valence-electron chi connectivity index (χ1n) is 13.8. The van der Waals surface area contributed by atoms with Crippen LogP contribution in [0.4, 0.5) is 18.9 Å². The van der Waals surface area contributed by atoms with Gasteiger partial charge in [0.25, 0.3) is 11.8 Å². The second-order valence-corrected chi connectivity index (χ2v) is 11.1. The molecule has 1 spiro atoms. The molecule has 224 valence electrons. The fourth-order valence-electron chi connectivity index (χ4n) is 5.75. The number of likely N-dealkylation sites (tertiary alicyclic amines) is 1. The van der Waals surface area contributed by atoms with E-state index >= 15 is 0 Å².